The van der Waals surface area contributed by atoms with Crippen LogP contribution in [0.15, 0.2) is 30.3 Å². The van der Waals surface area contributed by atoms with Gasteiger partial charge in [0.15, 0.2) is 13.4 Å². The molecule has 1 atom stereocenters. The Hall–Kier alpha value is -0.583. The molecule has 0 amide bonds. The van der Waals surface area contributed by atoms with Crippen molar-refractivity contribution in [3.05, 3.63) is 35.9 Å². The fourth-order valence-electron chi connectivity index (χ4n) is 1.82. The number of carbonyl (C=O) groups is 1. The quantitative estimate of drug-likeness (QED) is 0.620. The number of hydrogen-bond acceptors (Lipinski definition) is 2. The van der Waals surface area contributed by atoms with E-state index in [1.165, 1.54) is 5.56 Å². The highest BCUT2D eigenvalue weighted by Crippen LogP contribution is 2.38. The molecule has 112 valence electrons. The summed E-state index contributed by atoms with van der Waals surface area (Å²) in [6.45, 7) is 11.1. The van der Waals surface area contributed by atoms with Gasteiger partial charge in [0.2, 0.25) is 0 Å². The number of carbonyl (C=O) groups excluding carboxylic acids is 1. The SMILES string of the molecule is CC(C)(C)[Si](C)(C)OC(CC(=O)S)Cc1ccccc1. The second-order valence-corrected chi connectivity index (χ2v) is 12.0. The Bertz CT molecular complexity index is 438. The molecule has 0 fully saturated rings. The van der Waals surface area contributed by atoms with Crippen molar-refractivity contribution in [2.75, 3.05) is 0 Å². The molecule has 1 rings (SSSR count). The van der Waals surface area contributed by atoms with Crippen LogP contribution in [0.3, 0.4) is 0 Å². The lowest BCUT2D eigenvalue weighted by molar-refractivity contribution is -0.112. The van der Waals surface area contributed by atoms with E-state index in [0.717, 1.165) is 6.42 Å². The molecule has 0 heterocycles. The van der Waals surface area contributed by atoms with Crippen LogP contribution in [0.25, 0.3) is 0 Å². The van der Waals surface area contributed by atoms with Gasteiger partial charge in [-0.1, -0.05) is 51.1 Å². The third-order valence-electron chi connectivity index (χ3n) is 3.98. The van der Waals surface area contributed by atoms with E-state index in [1.54, 1.807) is 0 Å². The van der Waals surface area contributed by atoms with Crippen LogP contribution >= 0.6 is 12.6 Å². The van der Waals surface area contributed by atoms with Gasteiger partial charge in [0, 0.05) is 6.42 Å². The van der Waals surface area contributed by atoms with Gasteiger partial charge in [0.1, 0.15) is 0 Å². The summed E-state index contributed by atoms with van der Waals surface area (Å²) in [5, 5.41) is 0.0336. The van der Waals surface area contributed by atoms with Gasteiger partial charge < -0.3 is 4.43 Å². The Kier molecular flexibility index (Phi) is 6.04. The van der Waals surface area contributed by atoms with Crippen LogP contribution in [0.1, 0.15) is 32.8 Å². The molecule has 0 aromatic heterocycles. The van der Waals surface area contributed by atoms with Gasteiger partial charge in [-0.05, 0) is 30.1 Å². The summed E-state index contributed by atoms with van der Waals surface area (Å²) in [5.74, 6) is 0. The molecule has 0 spiro atoms. The van der Waals surface area contributed by atoms with Crippen molar-refractivity contribution >= 4 is 26.1 Å². The predicted octanol–water partition coefficient (Wildman–Crippen LogP) is 4.47. The smallest absolute Gasteiger partial charge is 0.192 e. The summed E-state index contributed by atoms with van der Waals surface area (Å²) >= 11 is 3.92. The van der Waals surface area contributed by atoms with Crippen LogP contribution in [0.2, 0.25) is 18.1 Å². The monoisotopic (exact) mass is 310 g/mol. The molecule has 0 aliphatic carbocycles. The molecule has 0 aliphatic rings. The van der Waals surface area contributed by atoms with Gasteiger partial charge in [-0.25, -0.2) is 0 Å². The summed E-state index contributed by atoms with van der Waals surface area (Å²) < 4.78 is 6.39. The van der Waals surface area contributed by atoms with E-state index in [0.29, 0.717) is 6.42 Å². The van der Waals surface area contributed by atoms with Crippen molar-refractivity contribution in [2.24, 2.45) is 0 Å². The lowest BCUT2D eigenvalue weighted by Crippen LogP contribution is -2.44. The van der Waals surface area contributed by atoms with Gasteiger partial charge in [-0.2, -0.15) is 0 Å². The van der Waals surface area contributed by atoms with Crippen LogP contribution < -0.4 is 0 Å². The van der Waals surface area contributed by atoms with Gasteiger partial charge in [0.05, 0.1) is 6.10 Å². The van der Waals surface area contributed by atoms with Crippen LogP contribution in [-0.4, -0.2) is 19.5 Å². The third-order valence-corrected chi connectivity index (χ3v) is 8.69. The van der Waals surface area contributed by atoms with Crippen molar-refractivity contribution < 1.29 is 9.22 Å². The number of benzene rings is 1. The van der Waals surface area contributed by atoms with Gasteiger partial charge in [-0.3, -0.25) is 4.79 Å². The van der Waals surface area contributed by atoms with Crippen LogP contribution in [0, 0.1) is 0 Å². The molecule has 20 heavy (non-hydrogen) atoms. The van der Waals surface area contributed by atoms with Crippen molar-refractivity contribution in [3.63, 3.8) is 0 Å². The van der Waals surface area contributed by atoms with Crippen molar-refractivity contribution in [1.82, 2.24) is 0 Å². The standard InChI is InChI=1S/C16H26O2SSi/c1-16(2,3)20(4,5)18-14(12-15(17)19)11-13-9-7-6-8-10-13/h6-10,14H,11-12H2,1-5H3,(H,17,19). The van der Waals surface area contributed by atoms with Crippen LogP contribution in [0.4, 0.5) is 0 Å². The minimum Gasteiger partial charge on any atom is -0.413 e. The highest BCUT2D eigenvalue weighted by Gasteiger charge is 2.39. The Morgan fingerprint density at radius 3 is 2.25 bits per heavy atom. The number of thiol groups is 1. The molecule has 0 saturated carbocycles. The average molecular weight is 311 g/mol. The van der Waals surface area contributed by atoms with Crippen molar-refractivity contribution in [2.45, 2.75) is 57.8 Å². The van der Waals surface area contributed by atoms with E-state index in [9.17, 15) is 4.79 Å². The summed E-state index contributed by atoms with van der Waals surface area (Å²) in [6.07, 6.45) is 1.05. The van der Waals surface area contributed by atoms with E-state index in [2.05, 4.69) is 58.6 Å². The average Bonchev–Trinajstić information content (AvgIpc) is 2.27. The lowest BCUT2D eigenvalue weighted by atomic mass is 10.1. The van der Waals surface area contributed by atoms with E-state index in [4.69, 9.17) is 4.43 Å². The van der Waals surface area contributed by atoms with E-state index < -0.39 is 8.32 Å². The number of rotatable bonds is 6. The maximum Gasteiger partial charge on any atom is 0.192 e. The predicted molar refractivity (Wildman–Crippen MR) is 90.8 cm³/mol. The van der Waals surface area contributed by atoms with E-state index in [-0.39, 0.29) is 16.3 Å². The minimum absolute atomic E-state index is 0.0803. The second-order valence-electron chi connectivity index (χ2n) is 6.79. The normalized spacial score (nSPS) is 14.1. The molecule has 1 aromatic rings. The second kappa shape index (κ2) is 6.92. The van der Waals surface area contributed by atoms with Gasteiger partial charge >= 0.3 is 0 Å². The summed E-state index contributed by atoms with van der Waals surface area (Å²) in [4.78, 5) is 11.4. The van der Waals surface area contributed by atoms with E-state index >= 15 is 0 Å². The zero-order valence-corrected chi connectivity index (χ0v) is 15.0. The Morgan fingerprint density at radius 1 is 1.25 bits per heavy atom. The molecule has 0 bridgehead atoms. The lowest BCUT2D eigenvalue weighted by Gasteiger charge is -2.39. The minimum atomic E-state index is -1.87. The van der Waals surface area contributed by atoms with Crippen LogP contribution in [-0.2, 0) is 15.6 Å². The molecule has 2 nitrogen and oxygen atoms in total. The molecular formula is C16H26O2SSi. The third kappa shape index (κ3) is 5.42. The van der Waals surface area contributed by atoms with Gasteiger partial charge in [0.25, 0.3) is 0 Å². The first kappa shape index (κ1) is 17.5. The molecule has 0 saturated heterocycles. The fourth-order valence-corrected chi connectivity index (χ4v) is 3.38. The van der Waals surface area contributed by atoms with Crippen molar-refractivity contribution in [3.8, 4) is 0 Å². The number of hydrogen-bond donors (Lipinski definition) is 1. The molecule has 4 heteroatoms. The maximum atomic E-state index is 11.4. The summed E-state index contributed by atoms with van der Waals surface area (Å²) in [7, 11) is -1.87. The first-order valence-corrected chi connectivity index (χ1v) is 10.4. The first-order chi connectivity index (χ1) is 9.12. The zero-order valence-electron chi connectivity index (χ0n) is 13.1. The van der Waals surface area contributed by atoms with Crippen molar-refractivity contribution in [1.29, 1.82) is 0 Å². The molecule has 0 radical (unpaired) electrons. The first-order valence-electron chi connectivity index (χ1n) is 7.05. The molecule has 1 aromatic carbocycles. The Labute approximate surface area is 129 Å². The highest BCUT2D eigenvalue weighted by atomic mass is 32.1. The summed E-state index contributed by atoms with van der Waals surface area (Å²) in [6, 6.07) is 10.2. The molecule has 1 unspecified atom stereocenters. The Balaban J connectivity index is 2.82. The Morgan fingerprint density at radius 2 is 1.80 bits per heavy atom. The largest absolute Gasteiger partial charge is 0.413 e. The maximum absolute atomic E-state index is 11.4. The topological polar surface area (TPSA) is 26.3 Å². The fraction of sp³-hybridized carbons (Fsp3) is 0.562. The summed E-state index contributed by atoms with van der Waals surface area (Å²) in [5.41, 5.74) is 1.20. The van der Waals surface area contributed by atoms with E-state index in [1.807, 2.05) is 18.2 Å². The van der Waals surface area contributed by atoms with Crippen LogP contribution in [0.5, 0.6) is 0 Å². The highest BCUT2D eigenvalue weighted by molar-refractivity contribution is 7.96. The molecular weight excluding hydrogens is 284 g/mol. The zero-order chi connectivity index (χ0) is 15.4. The molecule has 0 aliphatic heterocycles. The van der Waals surface area contributed by atoms with Gasteiger partial charge in [-0.15, -0.1) is 12.6 Å². The molecule has 0 N–H and O–H groups in total.